The molecule has 14 nitrogen and oxygen atoms in total. The molecule has 2 heterocycles. The number of hydrogen-bond acceptors (Lipinski definition) is 13. The van der Waals surface area contributed by atoms with Crippen LogP contribution in [0.2, 0.25) is 0 Å². The maximum atomic E-state index is 12.9. The third kappa shape index (κ3) is 6.41. The Morgan fingerprint density at radius 1 is 0.921 bits per heavy atom. The minimum Gasteiger partial charge on any atom is -0.463 e. The molecule has 0 bridgehead atoms. The summed E-state index contributed by atoms with van der Waals surface area (Å²) in [5, 5.41) is 4.34. The van der Waals surface area contributed by atoms with E-state index in [1.165, 1.54) is 0 Å². The molecular formula is C23H26N4O10S. The zero-order chi connectivity index (χ0) is 28.1. The van der Waals surface area contributed by atoms with Crippen molar-refractivity contribution in [1.29, 1.82) is 0 Å². The summed E-state index contributed by atoms with van der Waals surface area (Å²) in [6.07, 6.45) is -7.04. The van der Waals surface area contributed by atoms with E-state index in [0.717, 1.165) is 32.4 Å². The molecule has 204 valence electrons. The van der Waals surface area contributed by atoms with E-state index in [4.69, 9.17) is 41.7 Å². The van der Waals surface area contributed by atoms with Crippen LogP contribution < -0.4 is 11.4 Å². The second-order valence-corrected chi connectivity index (χ2v) is 8.57. The number of benzene rings is 1. The molecule has 0 unspecified atom stereocenters. The van der Waals surface area contributed by atoms with Crippen LogP contribution in [0, 0.1) is 4.77 Å². The maximum Gasteiger partial charge on any atom is 0.303 e. The number of nitrogens with two attached hydrogens (primary N) is 1. The first kappa shape index (κ1) is 28.5. The fraction of sp³-hybridized carbons (Fsp3) is 0.435. The molecule has 1 fully saturated rings. The molecule has 3 rings (SSSR count). The first-order chi connectivity index (χ1) is 17.9. The van der Waals surface area contributed by atoms with Crippen molar-refractivity contribution < 1.29 is 42.9 Å². The number of nitrogens with zero attached hydrogens (tertiary/aromatic N) is 3. The third-order valence-electron chi connectivity index (χ3n) is 5.29. The number of ether oxygens (including phenoxy) is 5. The number of aromatic nitrogens is 3. The second-order valence-electron chi connectivity index (χ2n) is 8.21. The van der Waals surface area contributed by atoms with Gasteiger partial charge in [0.2, 0.25) is 4.77 Å². The molecule has 5 atom stereocenters. The summed E-state index contributed by atoms with van der Waals surface area (Å²) in [7, 11) is 0. The summed E-state index contributed by atoms with van der Waals surface area (Å²) < 4.78 is 28.7. The minimum absolute atomic E-state index is 0.116. The summed E-state index contributed by atoms with van der Waals surface area (Å²) in [4.78, 5) is 60.5. The van der Waals surface area contributed by atoms with Gasteiger partial charge in [-0.1, -0.05) is 30.3 Å². The van der Waals surface area contributed by atoms with Crippen molar-refractivity contribution in [2.75, 3.05) is 12.4 Å². The Kier molecular flexibility index (Phi) is 8.96. The topological polar surface area (TPSA) is 180 Å². The molecular weight excluding hydrogens is 524 g/mol. The van der Waals surface area contributed by atoms with Gasteiger partial charge in [-0.25, -0.2) is 4.68 Å². The highest BCUT2D eigenvalue weighted by Gasteiger charge is 2.53. The predicted octanol–water partition coefficient (Wildman–Crippen LogP) is 0.411. The van der Waals surface area contributed by atoms with Gasteiger partial charge >= 0.3 is 23.9 Å². The second kappa shape index (κ2) is 12.0. The van der Waals surface area contributed by atoms with Gasteiger partial charge in [-0.05, 0) is 12.2 Å². The van der Waals surface area contributed by atoms with E-state index in [0.29, 0.717) is 10.2 Å². The molecule has 0 amide bonds. The van der Waals surface area contributed by atoms with Gasteiger partial charge in [0.15, 0.2) is 30.2 Å². The monoisotopic (exact) mass is 550 g/mol. The van der Waals surface area contributed by atoms with Crippen LogP contribution in [0.25, 0.3) is 11.3 Å². The van der Waals surface area contributed by atoms with Gasteiger partial charge in [0.05, 0.1) is 0 Å². The van der Waals surface area contributed by atoms with Crippen LogP contribution in [0.1, 0.15) is 33.9 Å². The number of rotatable bonds is 7. The predicted molar refractivity (Wildman–Crippen MR) is 130 cm³/mol. The molecule has 2 N–H and O–H groups in total. The zero-order valence-electron chi connectivity index (χ0n) is 20.9. The van der Waals surface area contributed by atoms with Gasteiger partial charge in [0, 0.05) is 33.3 Å². The van der Waals surface area contributed by atoms with Crippen molar-refractivity contribution in [1.82, 2.24) is 14.5 Å². The summed E-state index contributed by atoms with van der Waals surface area (Å²) >= 11 is 5.35. The van der Waals surface area contributed by atoms with Crippen LogP contribution in [0.4, 0.5) is 0 Å². The number of hydrogen-bond donors (Lipinski definition) is 1. The standard InChI is InChI=1S/C23H26N4O10S/c1-11(28)33-10-16-18(34-12(2)29)19(35-13(3)30)20(36-14(4)31)22(37-16)27-23(38)26(24)21(32)17(25-27)15-8-6-5-7-9-15/h5-9,16,18-20,22H,10,24H2,1-4H3/t16-,18-,19+,20-,22-/m1/s1. The summed E-state index contributed by atoms with van der Waals surface area (Å²) in [5.74, 6) is 2.91. The van der Waals surface area contributed by atoms with E-state index < -0.39 is 66.7 Å². The van der Waals surface area contributed by atoms with Gasteiger partial charge in [-0.15, -0.1) is 0 Å². The van der Waals surface area contributed by atoms with E-state index >= 15 is 0 Å². The minimum atomic E-state index is -1.49. The maximum absolute atomic E-state index is 12.9. The molecule has 1 aliphatic rings. The average molecular weight is 551 g/mol. The van der Waals surface area contributed by atoms with Crippen molar-refractivity contribution in [2.45, 2.75) is 58.3 Å². The van der Waals surface area contributed by atoms with Crippen molar-refractivity contribution in [3.05, 3.63) is 45.5 Å². The van der Waals surface area contributed by atoms with Gasteiger partial charge in [-0.2, -0.15) is 9.77 Å². The van der Waals surface area contributed by atoms with E-state index in [1.807, 2.05) is 0 Å². The van der Waals surface area contributed by atoms with Crippen LogP contribution in [0.5, 0.6) is 0 Å². The molecule has 1 aromatic carbocycles. The van der Waals surface area contributed by atoms with Crippen LogP contribution in [0.15, 0.2) is 35.1 Å². The first-order valence-electron chi connectivity index (χ1n) is 11.3. The average Bonchev–Trinajstić information content (AvgIpc) is 2.84. The normalized spacial score (nSPS) is 22.7. The van der Waals surface area contributed by atoms with Gasteiger partial charge < -0.3 is 29.5 Å². The molecule has 0 aliphatic carbocycles. The SMILES string of the molecule is CC(=O)OC[C@H]1O[C@@H](n2nc(-c3ccccc3)c(=O)n(N)c2=S)[C@H](OC(C)=O)[C@@H](OC(C)=O)[C@@H]1OC(C)=O. The van der Waals surface area contributed by atoms with E-state index in [1.54, 1.807) is 30.3 Å². The molecule has 1 aliphatic heterocycles. The number of carbonyl (C=O) groups is 4. The smallest absolute Gasteiger partial charge is 0.303 e. The Bertz CT molecular complexity index is 1340. The van der Waals surface area contributed by atoms with E-state index in [2.05, 4.69) is 5.10 Å². The Morgan fingerprint density at radius 2 is 1.47 bits per heavy atom. The summed E-state index contributed by atoms with van der Waals surface area (Å²) in [5.41, 5.74) is -0.441. The fourth-order valence-electron chi connectivity index (χ4n) is 3.85. The van der Waals surface area contributed by atoms with Crippen LogP contribution >= 0.6 is 12.2 Å². The third-order valence-corrected chi connectivity index (χ3v) is 5.67. The molecule has 0 radical (unpaired) electrons. The van der Waals surface area contributed by atoms with Crippen molar-refractivity contribution in [2.24, 2.45) is 0 Å². The Labute approximate surface area is 221 Å². The fourth-order valence-corrected chi connectivity index (χ4v) is 4.08. The van der Waals surface area contributed by atoms with Gasteiger partial charge in [-0.3, -0.25) is 24.0 Å². The van der Waals surface area contributed by atoms with Gasteiger partial charge in [0.25, 0.3) is 5.56 Å². The summed E-state index contributed by atoms with van der Waals surface area (Å²) in [6.45, 7) is 4.00. The number of nitrogen functional groups attached to an aromatic ring is 1. The molecule has 1 saturated heterocycles. The lowest BCUT2D eigenvalue weighted by Gasteiger charge is -2.44. The van der Waals surface area contributed by atoms with Crippen molar-refractivity contribution in [3.8, 4) is 11.3 Å². The molecule has 0 saturated carbocycles. The van der Waals surface area contributed by atoms with E-state index in [9.17, 15) is 24.0 Å². The zero-order valence-corrected chi connectivity index (χ0v) is 21.7. The molecule has 15 heteroatoms. The van der Waals surface area contributed by atoms with Crippen molar-refractivity contribution >= 4 is 36.1 Å². The quantitative estimate of drug-likeness (QED) is 0.217. The highest BCUT2D eigenvalue weighted by Crippen LogP contribution is 2.34. The van der Waals surface area contributed by atoms with Crippen molar-refractivity contribution in [3.63, 3.8) is 0 Å². The van der Waals surface area contributed by atoms with Crippen LogP contribution in [-0.4, -0.2) is 69.4 Å². The number of esters is 4. The Morgan fingerprint density at radius 3 is 2.03 bits per heavy atom. The van der Waals surface area contributed by atoms with E-state index in [-0.39, 0.29) is 10.5 Å². The number of carbonyl (C=O) groups excluding carboxylic acids is 4. The summed E-state index contributed by atoms with van der Waals surface area (Å²) in [6, 6.07) is 8.32. The lowest BCUT2D eigenvalue weighted by atomic mass is 9.97. The molecule has 1 aromatic heterocycles. The lowest BCUT2D eigenvalue weighted by molar-refractivity contribution is -0.271. The van der Waals surface area contributed by atoms with Gasteiger partial charge in [0.1, 0.15) is 12.7 Å². The van der Waals surface area contributed by atoms with Crippen LogP contribution in [0.3, 0.4) is 0 Å². The molecule has 2 aromatic rings. The van der Waals surface area contributed by atoms with Crippen LogP contribution in [-0.2, 0) is 42.9 Å². The Hall–Kier alpha value is -4.11. The first-order valence-corrected chi connectivity index (χ1v) is 11.7. The largest absolute Gasteiger partial charge is 0.463 e. The molecule has 38 heavy (non-hydrogen) atoms. The highest BCUT2D eigenvalue weighted by atomic mass is 32.1. The highest BCUT2D eigenvalue weighted by molar-refractivity contribution is 7.71. The lowest BCUT2D eigenvalue weighted by Crippen LogP contribution is -2.61. The molecule has 0 spiro atoms. The Balaban J connectivity index is 2.24.